The second-order valence-electron chi connectivity index (χ2n) is 3.59. The van der Waals surface area contributed by atoms with Crippen LogP contribution in [0.25, 0.3) is 0 Å². The number of anilines is 1. The van der Waals surface area contributed by atoms with E-state index in [2.05, 4.69) is 10.4 Å². The average Bonchev–Trinajstić information content (AvgIpc) is 2.60. The van der Waals surface area contributed by atoms with Gasteiger partial charge in [-0.1, -0.05) is 13.3 Å². The van der Waals surface area contributed by atoms with Gasteiger partial charge in [0, 0.05) is 25.9 Å². The molecular formula is C10H18N4O. The highest BCUT2D eigenvalue weighted by Gasteiger charge is 2.16. The summed E-state index contributed by atoms with van der Waals surface area (Å²) in [5, 5.41) is 6.82. The molecule has 84 valence electrons. The van der Waals surface area contributed by atoms with E-state index in [9.17, 15) is 4.79 Å². The van der Waals surface area contributed by atoms with E-state index in [4.69, 9.17) is 5.73 Å². The summed E-state index contributed by atoms with van der Waals surface area (Å²) < 4.78 is 1.65. The topological polar surface area (TPSA) is 72.9 Å². The number of hydrogen-bond donors (Lipinski definition) is 2. The number of aryl methyl sites for hydroxylation is 1. The van der Waals surface area contributed by atoms with Gasteiger partial charge in [-0.05, 0) is 6.42 Å². The first-order chi connectivity index (χ1) is 7.17. The molecule has 0 aliphatic rings. The van der Waals surface area contributed by atoms with E-state index < -0.39 is 0 Å². The molecule has 0 aliphatic carbocycles. The number of hydrogen-bond acceptors (Lipinski definition) is 3. The molecule has 1 unspecified atom stereocenters. The van der Waals surface area contributed by atoms with Crippen molar-refractivity contribution < 1.29 is 4.79 Å². The van der Waals surface area contributed by atoms with E-state index in [1.807, 2.05) is 14.0 Å². The largest absolute Gasteiger partial charge is 0.330 e. The van der Waals surface area contributed by atoms with Crippen LogP contribution in [0.3, 0.4) is 0 Å². The third kappa shape index (κ3) is 3.36. The number of nitrogens with two attached hydrogens (primary N) is 1. The Balaban J connectivity index is 2.53. The lowest BCUT2D eigenvalue weighted by molar-refractivity contribution is -0.119. The summed E-state index contributed by atoms with van der Waals surface area (Å²) in [5.74, 6) is 0.423. The number of carbonyl (C=O) groups is 1. The Morgan fingerprint density at radius 2 is 2.47 bits per heavy atom. The predicted octanol–water partition coefficient (Wildman–Crippen LogP) is 0.734. The molecule has 0 radical (unpaired) electrons. The molecule has 0 aromatic carbocycles. The van der Waals surface area contributed by atoms with Gasteiger partial charge in [0.15, 0.2) is 5.82 Å². The molecular weight excluding hydrogens is 192 g/mol. The lowest BCUT2D eigenvalue weighted by Crippen LogP contribution is -2.29. The molecule has 1 rings (SSSR count). The van der Waals surface area contributed by atoms with Crippen LogP contribution >= 0.6 is 0 Å². The molecule has 1 aromatic heterocycles. The van der Waals surface area contributed by atoms with Crippen molar-refractivity contribution in [3.8, 4) is 0 Å². The van der Waals surface area contributed by atoms with Gasteiger partial charge in [0.2, 0.25) is 5.91 Å². The first-order valence-electron chi connectivity index (χ1n) is 5.18. The van der Waals surface area contributed by atoms with Crippen LogP contribution < -0.4 is 11.1 Å². The van der Waals surface area contributed by atoms with Gasteiger partial charge in [0.25, 0.3) is 0 Å². The van der Waals surface area contributed by atoms with Crippen molar-refractivity contribution in [3.63, 3.8) is 0 Å². The van der Waals surface area contributed by atoms with Crippen LogP contribution in [0.15, 0.2) is 12.3 Å². The fraction of sp³-hybridized carbons (Fsp3) is 0.600. The molecule has 1 amide bonds. The molecule has 0 aliphatic heterocycles. The molecule has 0 fully saturated rings. The third-order valence-corrected chi connectivity index (χ3v) is 2.26. The quantitative estimate of drug-likeness (QED) is 0.752. The summed E-state index contributed by atoms with van der Waals surface area (Å²) in [6, 6.07) is 1.76. The van der Waals surface area contributed by atoms with Gasteiger partial charge in [-0.25, -0.2) is 0 Å². The average molecular weight is 210 g/mol. The van der Waals surface area contributed by atoms with Crippen LogP contribution in [0.4, 0.5) is 5.82 Å². The molecule has 5 heteroatoms. The molecule has 1 aromatic rings. The van der Waals surface area contributed by atoms with Gasteiger partial charge >= 0.3 is 0 Å². The van der Waals surface area contributed by atoms with Crippen molar-refractivity contribution in [3.05, 3.63) is 12.3 Å². The normalized spacial score (nSPS) is 12.5. The highest BCUT2D eigenvalue weighted by atomic mass is 16.2. The van der Waals surface area contributed by atoms with E-state index in [0.717, 1.165) is 12.8 Å². The van der Waals surface area contributed by atoms with E-state index in [1.165, 1.54) is 0 Å². The van der Waals surface area contributed by atoms with E-state index in [-0.39, 0.29) is 11.8 Å². The maximum Gasteiger partial charge on any atom is 0.229 e. The Morgan fingerprint density at radius 3 is 2.93 bits per heavy atom. The van der Waals surface area contributed by atoms with Crippen LogP contribution in [0.2, 0.25) is 0 Å². The summed E-state index contributed by atoms with van der Waals surface area (Å²) in [5.41, 5.74) is 5.53. The minimum absolute atomic E-state index is 0.0435. The van der Waals surface area contributed by atoms with Crippen LogP contribution in [-0.2, 0) is 11.8 Å². The maximum absolute atomic E-state index is 11.7. The van der Waals surface area contributed by atoms with Crippen molar-refractivity contribution in [1.29, 1.82) is 0 Å². The number of rotatable bonds is 5. The lowest BCUT2D eigenvalue weighted by Gasteiger charge is -2.12. The van der Waals surface area contributed by atoms with Crippen LogP contribution in [0, 0.1) is 5.92 Å². The molecule has 3 N–H and O–H groups in total. The van der Waals surface area contributed by atoms with Crippen molar-refractivity contribution >= 4 is 11.7 Å². The number of carbonyl (C=O) groups excluding carboxylic acids is 1. The van der Waals surface area contributed by atoms with Crippen molar-refractivity contribution in [2.24, 2.45) is 18.7 Å². The minimum atomic E-state index is -0.114. The van der Waals surface area contributed by atoms with Crippen molar-refractivity contribution in [2.45, 2.75) is 19.8 Å². The standard InChI is InChI=1S/C10H18N4O/c1-3-4-8(7-11)10(15)12-9-5-6-14(2)13-9/h5-6,8H,3-4,7,11H2,1-2H3,(H,12,13,15). The Hall–Kier alpha value is -1.36. The summed E-state index contributed by atoms with van der Waals surface area (Å²) in [7, 11) is 1.81. The van der Waals surface area contributed by atoms with E-state index >= 15 is 0 Å². The Kier molecular flexibility index (Phi) is 4.30. The molecule has 0 saturated heterocycles. The summed E-state index contributed by atoms with van der Waals surface area (Å²) in [6.07, 6.45) is 3.56. The smallest absolute Gasteiger partial charge is 0.229 e. The highest BCUT2D eigenvalue weighted by molar-refractivity contribution is 5.91. The monoisotopic (exact) mass is 210 g/mol. The first kappa shape index (κ1) is 11.7. The second kappa shape index (κ2) is 5.50. The van der Waals surface area contributed by atoms with Gasteiger partial charge < -0.3 is 11.1 Å². The summed E-state index contributed by atoms with van der Waals surface area (Å²) in [6.45, 7) is 2.42. The van der Waals surface area contributed by atoms with E-state index in [0.29, 0.717) is 12.4 Å². The summed E-state index contributed by atoms with van der Waals surface area (Å²) >= 11 is 0. The highest BCUT2D eigenvalue weighted by Crippen LogP contribution is 2.09. The van der Waals surface area contributed by atoms with Crippen molar-refractivity contribution in [2.75, 3.05) is 11.9 Å². The molecule has 5 nitrogen and oxygen atoms in total. The van der Waals surface area contributed by atoms with Gasteiger partial charge in [-0.3, -0.25) is 9.48 Å². The number of nitrogens with one attached hydrogen (secondary N) is 1. The maximum atomic E-state index is 11.7. The minimum Gasteiger partial charge on any atom is -0.330 e. The first-order valence-corrected chi connectivity index (χ1v) is 5.18. The third-order valence-electron chi connectivity index (χ3n) is 2.26. The van der Waals surface area contributed by atoms with Gasteiger partial charge in [0.05, 0.1) is 5.92 Å². The molecule has 1 heterocycles. The Labute approximate surface area is 89.6 Å². The number of aromatic nitrogens is 2. The zero-order chi connectivity index (χ0) is 11.3. The number of nitrogens with zero attached hydrogens (tertiary/aromatic N) is 2. The number of amides is 1. The van der Waals surface area contributed by atoms with Crippen LogP contribution in [0.1, 0.15) is 19.8 Å². The fourth-order valence-corrected chi connectivity index (χ4v) is 1.41. The molecule has 0 saturated carbocycles. The lowest BCUT2D eigenvalue weighted by atomic mass is 10.0. The Morgan fingerprint density at radius 1 is 1.73 bits per heavy atom. The van der Waals surface area contributed by atoms with Crippen LogP contribution in [-0.4, -0.2) is 22.2 Å². The van der Waals surface area contributed by atoms with Crippen molar-refractivity contribution in [1.82, 2.24) is 9.78 Å². The fourth-order valence-electron chi connectivity index (χ4n) is 1.41. The molecule has 0 bridgehead atoms. The zero-order valence-electron chi connectivity index (χ0n) is 9.23. The molecule has 0 spiro atoms. The Bertz CT molecular complexity index is 321. The predicted molar refractivity (Wildman–Crippen MR) is 59.3 cm³/mol. The SMILES string of the molecule is CCCC(CN)C(=O)Nc1ccn(C)n1. The molecule has 1 atom stereocenters. The molecule has 15 heavy (non-hydrogen) atoms. The second-order valence-corrected chi connectivity index (χ2v) is 3.59. The van der Waals surface area contributed by atoms with E-state index in [1.54, 1.807) is 16.9 Å². The van der Waals surface area contributed by atoms with Gasteiger partial charge in [0.1, 0.15) is 0 Å². The summed E-state index contributed by atoms with van der Waals surface area (Å²) in [4.78, 5) is 11.7. The zero-order valence-corrected chi connectivity index (χ0v) is 9.23. The van der Waals surface area contributed by atoms with Gasteiger partial charge in [-0.15, -0.1) is 0 Å². The van der Waals surface area contributed by atoms with Crippen LogP contribution in [0.5, 0.6) is 0 Å². The van der Waals surface area contributed by atoms with Gasteiger partial charge in [-0.2, -0.15) is 5.10 Å².